The van der Waals surface area contributed by atoms with Crippen LogP contribution in [-0.2, 0) is 17.6 Å². The van der Waals surface area contributed by atoms with Gasteiger partial charge in [-0.25, -0.2) is 4.79 Å². The zero-order chi connectivity index (χ0) is 17.6. The number of urea groups is 1. The number of carbonyl (C=O) groups is 1. The van der Waals surface area contributed by atoms with Crippen molar-refractivity contribution in [3.8, 4) is 0 Å². The zero-order valence-electron chi connectivity index (χ0n) is 14.7. The van der Waals surface area contributed by atoms with Crippen LogP contribution < -0.4 is 5.32 Å². The molecule has 0 spiro atoms. The molecule has 7 heteroatoms. The Bertz CT molecular complexity index is 699. The summed E-state index contributed by atoms with van der Waals surface area (Å²) in [6.07, 6.45) is 1.46. The molecule has 2 amide bonds. The normalized spacial score (nSPS) is 17.5. The maximum absolute atomic E-state index is 12.4. The summed E-state index contributed by atoms with van der Waals surface area (Å²) in [5.41, 5.74) is 2.40. The Morgan fingerprint density at radius 1 is 1.36 bits per heavy atom. The molecule has 1 N–H and O–H groups in total. The fourth-order valence-electron chi connectivity index (χ4n) is 2.83. The molecule has 0 aliphatic carbocycles. The van der Waals surface area contributed by atoms with Crippen molar-refractivity contribution in [2.24, 2.45) is 0 Å². The molecule has 0 saturated carbocycles. The quantitative estimate of drug-likeness (QED) is 0.900. The molecule has 3 rings (SSSR count). The first-order chi connectivity index (χ1) is 12.2. The molecule has 2 aromatic rings. The van der Waals surface area contributed by atoms with E-state index in [1.165, 1.54) is 5.56 Å². The molecule has 1 fully saturated rings. The molecular weight excluding hydrogens is 320 g/mol. The van der Waals surface area contributed by atoms with Gasteiger partial charge in [-0.15, -0.1) is 0 Å². The van der Waals surface area contributed by atoms with E-state index in [0.717, 1.165) is 12.0 Å². The standard InChI is InChI=1S/C18H24N4O3/c1-3-14-4-6-15(7-5-14)16-12-22(10-11-24-16)18(23)19-9-8-17-20-13(2)21-25-17/h4-7,16H,3,8-12H2,1-2H3,(H,19,23)/t16-/m1/s1. The molecule has 1 aromatic carbocycles. The average molecular weight is 344 g/mol. The summed E-state index contributed by atoms with van der Waals surface area (Å²) < 4.78 is 10.9. The fraction of sp³-hybridized carbons (Fsp3) is 0.500. The van der Waals surface area contributed by atoms with Crippen molar-refractivity contribution in [1.29, 1.82) is 0 Å². The molecule has 0 unspecified atom stereocenters. The van der Waals surface area contributed by atoms with Gasteiger partial charge in [-0.1, -0.05) is 36.3 Å². The van der Waals surface area contributed by atoms with E-state index in [1.54, 1.807) is 11.8 Å². The second kappa shape index (κ2) is 8.11. The number of nitrogens with zero attached hydrogens (tertiary/aromatic N) is 3. The van der Waals surface area contributed by atoms with Crippen LogP contribution >= 0.6 is 0 Å². The Kier molecular flexibility index (Phi) is 5.65. The zero-order valence-corrected chi connectivity index (χ0v) is 14.7. The van der Waals surface area contributed by atoms with Crippen LogP contribution in [0.2, 0.25) is 0 Å². The number of carbonyl (C=O) groups excluding carboxylic acids is 1. The van der Waals surface area contributed by atoms with E-state index < -0.39 is 0 Å². The highest BCUT2D eigenvalue weighted by atomic mass is 16.5. The van der Waals surface area contributed by atoms with Crippen LogP contribution in [0, 0.1) is 6.92 Å². The highest BCUT2D eigenvalue weighted by molar-refractivity contribution is 5.74. The summed E-state index contributed by atoms with van der Waals surface area (Å²) >= 11 is 0. The third-order valence-electron chi connectivity index (χ3n) is 4.30. The van der Waals surface area contributed by atoms with Gasteiger partial charge in [0.2, 0.25) is 5.89 Å². The molecule has 1 atom stereocenters. The molecule has 25 heavy (non-hydrogen) atoms. The van der Waals surface area contributed by atoms with Crippen molar-refractivity contribution in [1.82, 2.24) is 20.4 Å². The minimum Gasteiger partial charge on any atom is -0.370 e. The minimum atomic E-state index is -0.0882. The van der Waals surface area contributed by atoms with Gasteiger partial charge in [0, 0.05) is 19.5 Å². The first kappa shape index (κ1) is 17.4. The summed E-state index contributed by atoms with van der Waals surface area (Å²) in [6, 6.07) is 8.31. The summed E-state index contributed by atoms with van der Waals surface area (Å²) in [7, 11) is 0. The Labute approximate surface area is 147 Å². The van der Waals surface area contributed by atoms with E-state index >= 15 is 0 Å². The lowest BCUT2D eigenvalue weighted by Crippen LogP contribution is -2.47. The molecule has 1 saturated heterocycles. The van der Waals surface area contributed by atoms with Gasteiger partial charge in [0.25, 0.3) is 0 Å². The van der Waals surface area contributed by atoms with Crippen LogP contribution in [0.1, 0.15) is 35.9 Å². The largest absolute Gasteiger partial charge is 0.370 e. The van der Waals surface area contributed by atoms with Gasteiger partial charge >= 0.3 is 6.03 Å². The third-order valence-corrected chi connectivity index (χ3v) is 4.30. The van der Waals surface area contributed by atoms with Crippen LogP contribution in [0.25, 0.3) is 0 Å². The maximum atomic E-state index is 12.4. The van der Waals surface area contributed by atoms with Crippen molar-refractivity contribution in [3.63, 3.8) is 0 Å². The van der Waals surface area contributed by atoms with Crippen LogP contribution in [0.5, 0.6) is 0 Å². The molecule has 2 heterocycles. The SMILES string of the molecule is CCc1ccc([C@H]2CN(C(=O)NCCc3nc(C)no3)CCO2)cc1. The lowest BCUT2D eigenvalue weighted by Gasteiger charge is -2.33. The Morgan fingerprint density at radius 2 is 2.16 bits per heavy atom. The van der Waals surface area contributed by atoms with Gasteiger partial charge in [0.1, 0.15) is 6.10 Å². The minimum absolute atomic E-state index is 0.0796. The van der Waals surface area contributed by atoms with E-state index in [9.17, 15) is 4.79 Å². The monoisotopic (exact) mass is 344 g/mol. The number of hydrogen-bond donors (Lipinski definition) is 1. The Balaban J connectivity index is 1.50. The van der Waals surface area contributed by atoms with Crippen LogP contribution in [0.3, 0.4) is 0 Å². The number of hydrogen-bond acceptors (Lipinski definition) is 5. The number of rotatable bonds is 5. The van der Waals surface area contributed by atoms with Gasteiger partial charge in [-0.05, 0) is 24.5 Å². The summed E-state index contributed by atoms with van der Waals surface area (Å²) in [5, 5.41) is 6.64. The average Bonchev–Trinajstić information content (AvgIpc) is 3.07. The molecule has 7 nitrogen and oxygen atoms in total. The van der Waals surface area contributed by atoms with Crippen molar-refractivity contribution in [3.05, 3.63) is 47.1 Å². The number of benzene rings is 1. The van der Waals surface area contributed by atoms with E-state index in [2.05, 4.69) is 46.6 Å². The summed E-state index contributed by atoms with van der Waals surface area (Å²) in [6.45, 7) is 6.05. The molecule has 134 valence electrons. The van der Waals surface area contributed by atoms with E-state index in [4.69, 9.17) is 9.26 Å². The topological polar surface area (TPSA) is 80.5 Å². The molecule has 1 aromatic heterocycles. The number of nitrogens with one attached hydrogen (secondary N) is 1. The lowest BCUT2D eigenvalue weighted by molar-refractivity contribution is -0.0154. The highest BCUT2D eigenvalue weighted by Crippen LogP contribution is 2.22. The van der Waals surface area contributed by atoms with Crippen molar-refractivity contribution >= 4 is 6.03 Å². The van der Waals surface area contributed by atoms with Crippen LogP contribution in [0.15, 0.2) is 28.8 Å². The fourth-order valence-corrected chi connectivity index (χ4v) is 2.83. The van der Waals surface area contributed by atoms with Crippen LogP contribution in [-0.4, -0.2) is 47.3 Å². The highest BCUT2D eigenvalue weighted by Gasteiger charge is 2.25. The summed E-state index contributed by atoms with van der Waals surface area (Å²) in [5.74, 6) is 1.14. The first-order valence-corrected chi connectivity index (χ1v) is 8.68. The van der Waals surface area contributed by atoms with Crippen molar-refractivity contribution in [2.45, 2.75) is 32.8 Å². The predicted molar refractivity (Wildman–Crippen MR) is 92.2 cm³/mol. The second-order valence-electron chi connectivity index (χ2n) is 6.12. The first-order valence-electron chi connectivity index (χ1n) is 8.68. The number of morpholine rings is 1. The maximum Gasteiger partial charge on any atom is 0.317 e. The molecule has 0 radical (unpaired) electrons. The second-order valence-corrected chi connectivity index (χ2v) is 6.12. The molecule has 1 aliphatic heterocycles. The van der Waals surface area contributed by atoms with Crippen LogP contribution in [0.4, 0.5) is 4.79 Å². The Morgan fingerprint density at radius 3 is 2.84 bits per heavy atom. The molecule has 1 aliphatic rings. The van der Waals surface area contributed by atoms with E-state index in [-0.39, 0.29) is 12.1 Å². The van der Waals surface area contributed by atoms with Gasteiger partial charge < -0.3 is 19.5 Å². The smallest absolute Gasteiger partial charge is 0.317 e. The number of aryl methyl sites for hydroxylation is 2. The van der Waals surface area contributed by atoms with Gasteiger partial charge in [-0.2, -0.15) is 4.98 Å². The molecular formula is C18H24N4O3. The van der Waals surface area contributed by atoms with E-state index in [0.29, 0.717) is 44.4 Å². The number of amides is 2. The van der Waals surface area contributed by atoms with Crippen molar-refractivity contribution < 1.29 is 14.1 Å². The molecule has 0 bridgehead atoms. The van der Waals surface area contributed by atoms with E-state index in [1.807, 2.05) is 0 Å². The van der Waals surface area contributed by atoms with Crippen molar-refractivity contribution in [2.75, 3.05) is 26.2 Å². The number of ether oxygens (including phenoxy) is 1. The van der Waals surface area contributed by atoms with Gasteiger partial charge in [0.05, 0.1) is 13.2 Å². The van der Waals surface area contributed by atoms with Gasteiger partial charge in [0.15, 0.2) is 5.82 Å². The summed E-state index contributed by atoms with van der Waals surface area (Å²) in [4.78, 5) is 18.3. The number of aromatic nitrogens is 2. The predicted octanol–water partition coefficient (Wildman–Crippen LogP) is 2.27. The lowest BCUT2D eigenvalue weighted by atomic mass is 10.0. The third kappa shape index (κ3) is 4.57. The Hall–Kier alpha value is -2.41. The van der Waals surface area contributed by atoms with Gasteiger partial charge in [-0.3, -0.25) is 0 Å².